The number of nitrogens with two attached hydrogens (primary N) is 1. The number of carbonyl (C=O) groups excluding carboxylic acids is 1. The van der Waals surface area contributed by atoms with E-state index in [-0.39, 0.29) is 17.4 Å². The number of nitrogens with zero attached hydrogens (tertiary/aromatic N) is 1. The van der Waals surface area contributed by atoms with Gasteiger partial charge in [0.1, 0.15) is 0 Å². The van der Waals surface area contributed by atoms with Crippen LogP contribution < -0.4 is 5.73 Å². The van der Waals surface area contributed by atoms with Crippen LogP contribution in [0.3, 0.4) is 0 Å². The van der Waals surface area contributed by atoms with Gasteiger partial charge in [0.2, 0.25) is 0 Å². The Morgan fingerprint density at radius 3 is 2.83 bits per heavy atom. The molecule has 0 aromatic heterocycles. The maximum Gasteiger partial charge on any atom is 0.253 e. The second-order valence-corrected chi connectivity index (χ2v) is 6.04. The molecule has 1 aromatic rings. The average molecular weight is 267 g/mol. The van der Waals surface area contributed by atoms with E-state index in [9.17, 15) is 4.79 Å². The van der Waals surface area contributed by atoms with Crippen molar-refractivity contribution in [2.24, 2.45) is 11.1 Å². The van der Waals surface area contributed by atoms with Crippen molar-refractivity contribution in [3.05, 3.63) is 34.9 Å². The lowest BCUT2D eigenvalue weighted by Crippen LogP contribution is -2.54. The normalized spacial score (nSPS) is 22.9. The van der Waals surface area contributed by atoms with Crippen molar-refractivity contribution >= 4 is 17.5 Å². The van der Waals surface area contributed by atoms with E-state index in [2.05, 4.69) is 13.8 Å². The van der Waals surface area contributed by atoms with Crippen molar-refractivity contribution in [1.82, 2.24) is 4.90 Å². The molecular weight excluding hydrogens is 248 g/mol. The molecule has 98 valence electrons. The third-order valence-electron chi connectivity index (χ3n) is 3.81. The summed E-state index contributed by atoms with van der Waals surface area (Å²) < 4.78 is 0. The molecule has 0 saturated carbocycles. The van der Waals surface area contributed by atoms with Gasteiger partial charge >= 0.3 is 0 Å². The van der Waals surface area contributed by atoms with E-state index in [0.717, 1.165) is 13.0 Å². The summed E-state index contributed by atoms with van der Waals surface area (Å²) in [6.07, 6.45) is 0.931. The summed E-state index contributed by atoms with van der Waals surface area (Å²) in [6.45, 7) is 5.67. The van der Waals surface area contributed by atoms with E-state index in [1.165, 1.54) is 0 Å². The van der Waals surface area contributed by atoms with Gasteiger partial charge in [0.25, 0.3) is 5.91 Å². The predicted octanol–water partition coefficient (Wildman–Crippen LogP) is 2.54. The van der Waals surface area contributed by atoms with Gasteiger partial charge in [-0.1, -0.05) is 31.5 Å². The third kappa shape index (κ3) is 2.68. The topological polar surface area (TPSA) is 46.3 Å². The molecule has 0 spiro atoms. The van der Waals surface area contributed by atoms with E-state index in [1.54, 1.807) is 24.3 Å². The van der Waals surface area contributed by atoms with Crippen LogP contribution in [0.2, 0.25) is 5.02 Å². The van der Waals surface area contributed by atoms with E-state index >= 15 is 0 Å². The van der Waals surface area contributed by atoms with Crippen LogP contribution in [0, 0.1) is 5.41 Å². The van der Waals surface area contributed by atoms with Crippen LogP contribution in [-0.4, -0.2) is 29.9 Å². The molecule has 1 amide bonds. The van der Waals surface area contributed by atoms with E-state index in [1.807, 2.05) is 4.90 Å². The summed E-state index contributed by atoms with van der Waals surface area (Å²) in [5.41, 5.74) is 6.86. The second kappa shape index (κ2) is 4.90. The Morgan fingerprint density at radius 1 is 1.50 bits per heavy atom. The fraction of sp³-hybridized carbons (Fsp3) is 0.500. The molecule has 1 saturated heterocycles. The summed E-state index contributed by atoms with van der Waals surface area (Å²) >= 11 is 5.91. The van der Waals surface area contributed by atoms with Gasteiger partial charge in [-0.2, -0.15) is 0 Å². The standard InChI is InChI=1S/C14H19ClN2O/c1-14(2)6-7-17(9-12(14)16)13(18)10-4-3-5-11(15)8-10/h3-5,8,12H,6-7,9,16H2,1-2H3. The highest BCUT2D eigenvalue weighted by atomic mass is 35.5. The van der Waals surface area contributed by atoms with E-state index < -0.39 is 0 Å². The van der Waals surface area contributed by atoms with Gasteiger partial charge in [-0.05, 0) is 30.0 Å². The Bertz CT molecular complexity index is 459. The Labute approximate surface area is 113 Å². The van der Waals surface area contributed by atoms with Crippen LogP contribution in [0.5, 0.6) is 0 Å². The zero-order valence-corrected chi connectivity index (χ0v) is 11.6. The van der Waals surface area contributed by atoms with Crippen molar-refractivity contribution in [2.45, 2.75) is 26.3 Å². The molecule has 2 rings (SSSR count). The van der Waals surface area contributed by atoms with Gasteiger partial charge in [-0.15, -0.1) is 0 Å². The van der Waals surface area contributed by atoms with Gasteiger partial charge < -0.3 is 10.6 Å². The Balaban J connectivity index is 2.12. The van der Waals surface area contributed by atoms with Gasteiger partial charge in [-0.25, -0.2) is 0 Å². The molecule has 1 atom stereocenters. The van der Waals surface area contributed by atoms with Crippen LogP contribution in [0.25, 0.3) is 0 Å². The summed E-state index contributed by atoms with van der Waals surface area (Å²) in [7, 11) is 0. The molecular formula is C14H19ClN2O. The van der Waals surface area contributed by atoms with E-state index in [4.69, 9.17) is 17.3 Å². The zero-order chi connectivity index (χ0) is 13.3. The van der Waals surface area contributed by atoms with E-state index in [0.29, 0.717) is 17.1 Å². The van der Waals surface area contributed by atoms with Crippen molar-refractivity contribution in [2.75, 3.05) is 13.1 Å². The molecule has 4 heteroatoms. The van der Waals surface area contributed by atoms with Crippen LogP contribution in [-0.2, 0) is 0 Å². The summed E-state index contributed by atoms with van der Waals surface area (Å²) in [5.74, 6) is 0.0171. The Morgan fingerprint density at radius 2 is 2.22 bits per heavy atom. The SMILES string of the molecule is CC1(C)CCN(C(=O)c2cccc(Cl)c2)CC1N. The molecule has 1 unspecified atom stereocenters. The molecule has 0 bridgehead atoms. The minimum absolute atomic E-state index is 0.0171. The molecule has 1 aliphatic rings. The molecule has 1 fully saturated rings. The highest BCUT2D eigenvalue weighted by Crippen LogP contribution is 2.29. The number of hydrogen-bond donors (Lipinski definition) is 1. The van der Waals surface area contributed by atoms with Crippen molar-refractivity contribution in [3.63, 3.8) is 0 Å². The van der Waals surface area contributed by atoms with Crippen molar-refractivity contribution in [3.8, 4) is 0 Å². The summed E-state index contributed by atoms with van der Waals surface area (Å²) in [6, 6.07) is 7.08. The van der Waals surface area contributed by atoms with Crippen LogP contribution in [0.4, 0.5) is 0 Å². The van der Waals surface area contributed by atoms with Crippen LogP contribution in [0.1, 0.15) is 30.6 Å². The number of hydrogen-bond acceptors (Lipinski definition) is 2. The summed E-state index contributed by atoms with van der Waals surface area (Å²) in [5, 5.41) is 0.586. The quantitative estimate of drug-likeness (QED) is 0.849. The molecule has 1 aliphatic heterocycles. The molecule has 0 aliphatic carbocycles. The largest absolute Gasteiger partial charge is 0.337 e. The minimum atomic E-state index is 0.0171. The highest BCUT2D eigenvalue weighted by molar-refractivity contribution is 6.30. The average Bonchev–Trinajstić information content (AvgIpc) is 2.32. The number of amides is 1. The first-order valence-electron chi connectivity index (χ1n) is 6.20. The molecule has 0 radical (unpaired) electrons. The smallest absolute Gasteiger partial charge is 0.253 e. The lowest BCUT2D eigenvalue weighted by molar-refractivity contribution is 0.0575. The van der Waals surface area contributed by atoms with Crippen molar-refractivity contribution in [1.29, 1.82) is 0 Å². The number of carbonyl (C=O) groups is 1. The van der Waals surface area contributed by atoms with Gasteiger partial charge in [-0.3, -0.25) is 4.79 Å². The third-order valence-corrected chi connectivity index (χ3v) is 4.04. The Hall–Kier alpha value is -1.06. The van der Waals surface area contributed by atoms with Gasteiger partial charge in [0, 0.05) is 29.7 Å². The van der Waals surface area contributed by atoms with Crippen LogP contribution in [0.15, 0.2) is 24.3 Å². The molecule has 1 heterocycles. The highest BCUT2D eigenvalue weighted by Gasteiger charge is 2.34. The number of rotatable bonds is 1. The number of piperidine rings is 1. The lowest BCUT2D eigenvalue weighted by atomic mass is 9.78. The fourth-order valence-corrected chi connectivity index (χ4v) is 2.36. The first kappa shape index (κ1) is 13.4. The van der Waals surface area contributed by atoms with Gasteiger partial charge in [0.15, 0.2) is 0 Å². The van der Waals surface area contributed by atoms with Crippen LogP contribution >= 0.6 is 11.6 Å². The first-order chi connectivity index (χ1) is 8.40. The monoisotopic (exact) mass is 266 g/mol. The number of halogens is 1. The molecule has 3 nitrogen and oxygen atoms in total. The maximum atomic E-state index is 12.3. The first-order valence-corrected chi connectivity index (χ1v) is 6.58. The Kier molecular flexibility index (Phi) is 3.64. The fourth-order valence-electron chi connectivity index (χ4n) is 2.17. The minimum Gasteiger partial charge on any atom is -0.337 e. The summed E-state index contributed by atoms with van der Waals surface area (Å²) in [4.78, 5) is 14.1. The lowest BCUT2D eigenvalue weighted by Gasteiger charge is -2.42. The predicted molar refractivity (Wildman–Crippen MR) is 73.7 cm³/mol. The molecule has 1 aromatic carbocycles. The number of likely N-dealkylation sites (tertiary alicyclic amines) is 1. The maximum absolute atomic E-state index is 12.3. The molecule has 2 N–H and O–H groups in total. The van der Waals surface area contributed by atoms with Gasteiger partial charge in [0.05, 0.1) is 0 Å². The van der Waals surface area contributed by atoms with Crippen molar-refractivity contribution < 1.29 is 4.79 Å². The second-order valence-electron chi connectivity index (χ2n) is 5.61. The number of benzene rings is 1. The zero-order valence-electron chi connectivity index (χ0n) is 10.8. The molecule has 18 heavy (non-hydrogen) atoms.